The first-order valence-corrected chi connectivity index (χ1v) is 11.0. The number of carbonyl (C=O) groups excluding carboxylic acids is 3. The van der Waals surface area contributed by atoms with E-state index in [-0.39, 0.29) is 22.3 Å². The van der Waals surface area contributed by atoms with Gasteiger partial charge in [-0.3, -0.25) is 14.4 Å². The molecule has 1 aliphatic heterocycles. The predicted octanol–water partition coefficient (Wildman–Crippen LogP) is 4.95. The topological polar surface area (TPSA) is 87.7 Å². The number of nitrogens with one attached hydrogen (secondary N) is 2. The summed E-state index contributed by atoms with van der Waals surface area (Å²) < 4.78 is 5.28. The number of ether oxygens (including phenoxy) is 1. The molecule has 7 nitrogen and oxygen atoms in total. The molecule has 4 rings (SSSR count). The molecular weight excluding hydrogens is 454 g/mol. The Morgan fingerprint density at radius 1 is 0.971 bits per heavy atom. The number of anilines is 3. The van der Waals surface area contributed by atoms with Gasteiger partial charge in [0.2, 0.25) is 0 Å². The third-order valence-corrected chi connectivity index (χ3v) is 5.74. The van der Waals surface area contributed by atoms with Crippen LogP contribution in [0.25, 0.3) is 0 Å². The lowest BCUT2D eigenvalue weighted by atomic mass is 10.1. The Balaban J connectivity index is 1.56. The van der Waals surface area contributed by atoms with Crippen LogP contribution in [0.15, 0.2) is 83.5 Å². The molecule has 3 aromatic rings. The molecule has 34 heavy (non-hydrogen) atoms. The lowest BCUT2D eigenvalue weighted by Crippen LogP contribution is -2.32. The summed E-state index contributed by atoms with van der Waals surface area (Å²) in [6.07, 6.45) is 0.781. The minimum Gasteiger partial charge on any atom is -0.495 e. The molecule has 3 amide bonds. The largest absolute Gasteiger partial charge is 0.495 e. The SMILES string of the molecule is CCc1ccccc1NC(=O)c1cccc(NC2=C(Cl)C(=O)N(c3ccccc3OC)C2=O)c1. The minimum atomic E-state index is -0.663. The number of imide groups is 1. The fourth-order valence-electron chi connectivity index (χ4n) is 3.67. The number of methoxy groups -OCH3 is 1. The van der Waals surface area contributed by atoms with Crippen molar-refractivity contribution in [2.24, 2.45) is 0 Å². The molecule has 3 aromatic carbocycles. The van der Waals surface area contributed by atoms with Gasteiger partial charge in [-0.15, -0.1) is 0 Å². The average molecular weight is 476 g/mol. The summed E-state index contributed by atoms with van der Waals surface area (Å²) in [6, 6.07) is 20.9. The monoisotopic (exact) mass is 475 g/mol. The third kappa shape index (κ3) is 4.38. The number of halogens is 1. The van der Waals surface area contributed by atoms with Crippen LogP contribution in [-0.4, -0.2) is 24.8 Å². The van der Waals surface area contributed by atoms with Crippen LogP contribution in [0.1, 0.15) is 22.8 Å². The van der Waals surface area contributed by atoms with Crippen molar-refractivity contribution in [3.05, 3.63) is 94.7 Å². The first-order chi connectivity index (χ1) is 16.4. The van der Waals surface area contributed by atoms with E-state index in [0.29, 0.717) is 17.0 Å². The second kappa shape index (κ2) is 9.80. The van der Waals surface area contributed by atoms with Gasteiger partial charge in [0.1, 0.15) is 16.5 Å². The standard InChI is InChI=1S/C26H22ClN3O4/c1-3-16-9-4-5-12-19(16)29-24(31)17-10-8-11-18(15-17)28-23-22(27)25(32)30(26(23)33)20-13-6-7-14-21(20)34-2/h4-15,28H,3H2,1-2H3,(H,29,31). The van der Waals surface area contributed by atoms with E-state index in [1.165, 1.54) is 7.11 Å². The van der Waals surface area contributed by atoms with Crippen molar-refractivity contribution in [2.45, 2.75) is 13.3 Å². The van der Waals surface area contributed by atoms with Gasteiger partial charge in [0, 0.05) is 16.9 Å². The number of amides is 3. The highest BCUT2D eigenvalue weighted by Crippen LogP contribution is 2.35. The number of hydrogen-bond acceptors (Lipinski definition) is 5. The van der Waals surface area contributed by atoms with E-state index in [4.69, 9.17) is 16.3 Å². The van der Waals surface area contributed by atoms with Gasteiger partial charge in [-0.05, 0) is 48.4 Å². The Morgan fingerprint density at radius 3 is 2.47 bits per heavy atom. The highest BCUT2D eigenvalue weighted by Gasteiger charge is 2.40. The van der Waals surface area contributed by atoms with Crippen molar-refractivity contribution in [2.75, 3.05) is 22.6 Å². The number of carbonyl (C=O) groups is 3. The summed E-state index contributed by atoms with van der Waals surface area (Å²) >= 11 is 6.24. The Morgan fingerprint density at radius 2 is 1.71 bits per heavy atom. The van der Waals surface area contributed by atoms with Crippen molar-refractivity contribution in [3.63, 3.8) is 0 Å². The minimum absolute atomic E-state index is 0.0774. The molecule has 0 fully saturated rings. The van der Waals surface area contributed by atoms with Crippen LogP contribution in [0.2, 0.25) is 0 Å². The van der Waals surface area contributed by atoms with Gasteiger partial charge in [0.05, 0.1) is 12.8 Å². The Bertz CT molecular complexity index is 1320. The van der Waals surface area contributed by atoms with Crippen molar-refractivity contribution < 1.29 is 19.1 Å². The predicted molar refractivity (Wildman–Crippen MR) is 132 cm³/mol. The summed E-state index contributed by atoms with van der Waals surface area (Å²) in [5.74, 6) is -1.22. The number of benzene rings is 3. The zero-order valence-electron chi connectivity index (χ0n) is 18.6. The normalized spacial score (nSPS) is 13.3. The van der Waals surface area contributed by atoms with Crippen LogP contribution >= 0.6 is 11.6 Å². The molecule has 2 N–H and O–H groups in total. The van der Waals surface area contributed by atoms with Crippen molar-refractivity contribution >= 4 is 46.4 Å². The zero-order valence-corrected chi connectivity index (χ0v) is 19.3. The van der Waals surface area contributed by atoms with Crippen LogP contribution < -0.4 is 20.3 Å². The lowest BCUT2D eigenvalue weighted by Gasteiger charge is -2.18. The van der Waals surface area contributed by atoms with Crippen molar-refractivity contribution in [1.82, 2.24) is 0 Å². The van der Waals surface area contributed by atoms with E-state index >= 15 is 0 Å². The summed E-state index contributed by atoms with van der Waals surface area (Å²) in [5, 5.41) is 5.57. The average Bonchev–Trinajstić information content (AvgIpc) is 3.07. The first-order valence-electron chi connectivity index (χ1n) is 10.6. The first kappa shape index (κ1) is 23.1. The number of nitrogens with zero attached hydrogens (tertiary/aromatic N) is 1. The smallest absolute Gasteiger partial charge is 0.283 e. The van der Waals surface area contributed by atoms with Gasteiger partial charge in [0.15, 0.2) is 0 Å². The summed E-state index contributed by atoms with van der Waals surface area (Å²) in [4.78, 5) is 39.7. The van der Waals surface area contributed by atoms with E-state index in [0.717, 1.165) is 22.6 Å². The second-order valence-corrected chi connectivity index (χ2v) is 7.86. The van der Waals surface area contributed by atoms with Crippen LogP contribution in [0.4, 0.5) is 17.1 Å². The molecule has 1 heterocycles. The Kier molecular flexibility index (Phi) is 6.65. The molecule has 1 aliphatic rings. The highest BCUT2D eigenvalue weighted by atomic mass is 35.5. The molecule has 0 atom stereocenters. The molecule has 0 unspecified atom stereocenters. The molecule has 0 aliphatic carbocycles. The summed E-state index contributed by atoms with van der Waals surface area (Å²) in [7, 11) is 1.45. The fraction of sp³-hybridized carbons (Fsp3) is 0.115. The molecular formula is C26H22ClN3O4. The van der Waals surface area contributed by atoms with Crippen LogP contribution in [0.3, 0.4) is 0 Å². The Hall–Kier alpha value is -4.10. The molecule has 8 heteroatoms. The van der Waals surface area contributed by atoms with Gasteiger partial charge in [-0.2, -0.15) is 0 Å². The maximum absolute atomic E-state index is 13.1. The van der Waals surface area contributed by atoms with E-state index in [2.05, 4.69) is 10.6 Å². The third-order valence-electron chi connectivity index (χ3n) is 5.39. The Labute approximate surface area is 202 Å². The van der Waals surface area contributed by atoms with Gasteiger partial charge >= 0.3 is 0 Å². The maximum atomic E-state index is 13.1. The molecule has 0 spiro atoms. The number of rotatable bonds is 7. The van der Waals surface area contributed by atoms with Crippen molar-refractivity contribution in [3.8, 4) is 5.75 Å². The number of hydrogen-bond donors (Lipinski definition) is 2. The molecule has 0 bridgehead atoms. The van der Waals surface area contributed by atoms with Gasteiger partial charge in [0.25, 0.3) is 17.7 Å². The van der Waals surface area contributed by atoms with Crippen LogP contribution in [0, 0.1) is 0 Å². The second-order valence-electron chi connectivity index (χ2n) is 7.48. The molecule has 0 aromatic heterocycles. The fourth-order valence-corrected chi connectivity index (χ4v) is 3.88. The van der Waals surface area contributed by atoms with E-state index < -0.39 is 11.8 Å². The maximum Gasteiger partial charge on any atom is 0.283 e. The molecule has 0 saturated heterocycles. The van der Waals surface area contributed by atoms with Gasteiger partial charge < -0.3 is 15.4 Å². The molecule has 0 saturated carbocycles. The summed E-state index contributed by atoms with van der Waals surface area (Å²) in [6.45, 7) is 2.02. The quantitative estimate of drug-likeness (QED) is 0.472. The summed E-state index contributed by atoms with van der Waals surface area (Å²) in [5.41, 5.74) is 2.79. The van der Waals surface area contributed by atoms with Crippen LogP contribution in [0.5, 0.6) is 5.75 Å². The van der Waals surface area contributed by atoms with Crippen molar-refractivity contribution in [1.29, 1.82) is 0 Å². The number of para-hydroxylation sites is 3. The van der Waals surface area contributed by atoms with E-state index in [1.807, 2.05) is 31.2 Å². The van der Waals surface area contributed by atoms with E-state index in [1.54, 1.807) is 48.5 Å². The molecule has 172 valence electrons. The van der Waals surface area contributed by atoms with Crippen LogP contribution in [-0.2, 0) is 16.0 Å². The zero-order chi connectivity index (χ0) is 24.2. The number of aryl methyl sites for hydroxylation is 1. The van der Waals surface area contributed by atoms with E-state index in [9.17, 15) is 14.4 Å². The van der Waals surface area contributed by atoms with Gasteiger partial charge in [-0.1, -0.05) is 54.9 Å². The lowest BCUT2D eigenvalue weighted by molar-refractivity contribution is -0.120. The highest BCUT2D eigenvalue weighted by molar-refractivity contribution is 6.53. The van der Waals surface area contributed by atoms with Gasteiger partial charge in [-0.25, -0.2) is 4.90 Å². The molecule has 0 radical (unpaired) electrons.